The Bertz CT molecular complexity index is 101. The zero-order valence-corrected chi connectivity index (χ0v) is 9.16. The Morgan fingerprint density at radius 1 is 1.50 bits per heavy atom. The van der Waals surface area contributed by atoms with Crippen LogP contribution in [0.5, 0.6) is 0 Å². The van der Waals surface area contributed by atoms with Gasteiger partial charge in [0.1, 0.15) is 0 Å². The SMILES string of the molecule is CCNC(C)C(O)CCCSC. The summed E-state index contributed by atoms with van der Waals surface area (Å²) in [6.07, 6.45) is 3.93. The second kappa shape index (κ2) is 7.90. The van der Waals surface area contributed by atoms with Gasteiger partial charge in [0, 0.05) is 6.04 Å². The van der Waals surface area contributed by atoms with Gasteiger partial charge >= 0.3 is 0 Å². The lowest BCUT2D eigenvalue weighted by molar-refractivity contribution is 0.126. The molecular weight excluding hydrogens is 170 g/mol. The topological polar surface area (TPSA) is 32.3 Å². The van der Waals surface area contributed by atoms with Gasteiger partial charge in [0.05, 0.1) is 6.10 Å². The van der Waals surface area contributed by atoms with E-state index < -0.39 is 0 Å². The minimum atomic E-state index is -0.183. The Kier molecular flexibility index (Phi) is 8.07. The first-order chi connectivity index (χ1) is 5.72. The Morgan fingerprint density at radius 2 is 2.17 bits per heavy atom. The molecular formula is C9H21NOS. The highest BCUT2D eigenvalue weighted by Crippen LogP contribution is 2.05. The summed E-state index contributed by atoms with van der Waals surface area (Å²) in [4.78, 5) is 0. The number of aliphatic hydroxyl groups excluding tert-OH is 1. The Morgan fingerprint density at radius 3 is 2.67 bits per heavy atom. The highest BCUT2D eigenvalue weighted by molar-refractivity contribution is 7.98. The van der Waals surface area contributed by atoms with Crippen molar-refractivity contribution in [1.29, 1.82) is 0 Å². The highest BCUT2D eigenvalue weighted by Gasteiger charge is 2.11. The summed E-state index contributed by atoms with van der Waals surface area (Å²) in [5, 5.41) is 12.8. The number of thioether (sulfide) groups is 1. The number of aliphatic hydroxyl groups is 1. The van der Waals surface area contributed by atoms with Crippen molar-refractivity contribution in [2.24, 2.45) is 0 Å². The van der Waals surface area contributed by atoms with Crippen molar-refractivity contribution in [3.05, 3.63) is 0 Å². The van der Waals surface area contributed by atoms with Crippen molar-refractivity contribution in [3.8, 4) is 0 Å². The summed E-state index contributed by atoms with van der Waals surface area (Å²) in [6, 6.07) is 0.233. The van der Waals surface area contributed by atoms with Gasteiger partial charge in [-0.1, -0.05) is 6.92 Å². The van der Waals surface area contributed by atoms with E-state index in [0.717, 1.165) is 25.1 Å². The van der Waals surface area contributed by atoms with Crippen molar-refractivity contribution in [2.45, 2.75) is 38.8 Å². The quantitative estimate of drug-likeness (QED) is 0.598. The van der Waals surface area contributed by atoms with Gasteiger partial charge in [-0.3, -0.25) is 0 Å². The molecule has 0 aromatic carbocycles. The normalized spacial score (nSPS) is 16.0. The number of rotatable bonds is 7. The Hall–Kier alpha value is 0.270. The van der Waals surface area contributed by atoms with Crippen LogP contribution in [0.1, 0.15) is 26.7 Å². The molecule has 0 fully saturated rings. The van der Waals surface area contributed by atoms with Crippen LogP contribution < -0.4 is 5.32 Å². The largest absolute Gasteiger partial charge is 0.392 e. The number of nitrogens with one attached hydrogen (secondary N) is 1. The molecule has 0 amide bonds. The molecule has 0 aromatic heterocycles. The van der Waals surface area contributed by atoms with E-state index in [2.05, 4.69) is 18.5 Å². The standard InChI is InChI=1S/C9H21NOS/c1-4-10-8(2)9(11)6-5-7-12-3/h8-11H,4-7H2,1-3H3. The highest BCUT2D eigenvalue weighted by atomic mass is 32.2. The third kappa shape index (κ3) is 5.86. The predicted octanol–water partition coefficient (Wildman–Crippen LogP) is 1.49. The van der Waals surface area contributed by atoms with Crippen LogP contribution in [0.25, 0.3) is 0 Å². The lowest BCUT2D eigenvalue weighted by Gasteiger charge is -2.19. The van der Waals surface area contributed by atoms with Gasteiger partial charge in [-0.2, -0.15) is 11.8 Å². The maximum absolute atomic E-state index is 9.60. The molecule has 2 atom stereocenters. The first kappa shape index (κ1) is 12.3. The third-order valence-corrected chi connectivity index (χ3v) is 2.65. The Labute approximate surface area is 80.1 Å². The number of hydrogen-bond acceptors (Lipinski definition) is 3. The fourth-order valence-electron chi connectivity index (χ4n) is 1.14. The summed E-state index contributed by atoms with van der Waals surface area (Å²) in [5.74, 6) is 1.15. The van der Waals surface area contributed by atoms with Crippen molar-refractivity contribution >= 4 is 11.8 Å². The van der Waals surface area contributed by atoms with Crippen LogP contribution >= 0.6 is 11.8 Å². The summed E-state index contributed by atoms with van der Waals surface area (Å²) >= 11 is 1.84. The smallest absolute Gasteiger partial charge is 0.0690 e. The van der Waals surface area contributed by atoms with Crippen LogP contribution in [0.15, 0.2) is 0 Å². The van der Waals surface area contributed by atoms with Crippen LogP contribution in [0, 0.1) is 0 Å². The number of hydrogen-bond donors (Lipinski definition) is 2. The number of likely N-dealkylation sites (N-methyl/N-ethyl adjacent to an activating group) is 1. The van der Waals surface area contributed by atoms with Crippen LogP contribution in [0.4, 0.5) is 0 Å². The van der Waals surface area contributed by atoms with E-state index in [-0.39, 0.29) is 12.1 Å². The molecule has 0 spiro atoms. The molecule has 0 heterocycles. The molecule has 0 aliphatic carbocycles. The van der Waals surface area contributed by atoms with Gasteiger partial charge in [-0.05, 0) is 38.3 Å². The first-order valence-corrected chi connectivity index (χ1v) is 6.02. The minimum absolute atomic E-state index is 0.183. The molecule has 2 nitrogen and oxygen atoms in total. The molecule has 2 N–H and O–H groups in total. The third-order valence-electron chi connectivity index (χ3n) is 1.95. The van der Waals surface area contributed by atoms with Gasteiger partial charge < -0.3 is 10.4 Å². The second-order valence-corrected chi connectivity index (χ2v) is 4.03. The fraction of sp³-hybridized carbons (Fsp3) is 1.00. The van der Waals surface area contributed by atoms with Crippen LogP contribution in [0.2, 0.25) is 0 Å². The van der Waals surface area contributed by atoms with E-state index in [1.54, 1.807) is 0 Å². The van der Waals surface area contributed by atoms with Gasteiger partial charge in [0.15, 0.2) is 0 Å². The van der Waals surface area contributed by atoms with Crippen LogP contribution in [-0.4, -0.2) is 35.8 Å². The molecule has 0 radical (unpaired) electrons. The van der Waals surface area contributed by atoms with Crippen LogP contribution in [0.3, 0.4) is 0 Å². The molecule has 3 heteroatoms. The zero-order valence-electron chi connectivity index (χ0n) is 8.34. The molecule has 0 aromatic rings. The zero-order chi connectivity index (χ0) is 9.40. The molecule has 2 unspecified atom stereocenters. The van der Waals surface area contributed by atoms with E-state index in [1.807, 2.05) is 18.7 Å². The molecule has 74 valence electrons. The van der Waals surface area contributed by atoms with E-state index in [0.29, 0.717) is 0 Å². The molecule has 0 rings (SSSR count). The molecule has 0 aliphatic heterocycles. The second-order valence-electron chi connectivity index (χ2n) is 3.05. The maximum Gasteiger partial charge on any atom is 0.0690 e. The first-order valence-electron chi connectivity index (χ1n) is 4.62. The molecule has 0 saturated heterocycles. The summed E-state index contributed by atoms with van der Waals surface area (Å²) in [6.45, 7) is 5.03. The summed E-state index contributed by atoms with van der Waals surface area (Å²) in [5.41, 5.74) is 0. The van der Waals surface area contributed by atoms with Crippen molar-refractivity contribution < 1.29 is 5.11 Å². The van der Waals surface area contributed by atoms with Gasteiger partial charge in [-0.15, -0.1) is 0 Å². The lowest BCUT2D eigenvalue weighted by Crippen LogP contribution is -2.37. The van der Waals surface area contributed by atoms with E-state index in [4.69, 9.17) is 0 Å². The lowest BCUT2D eigenvalue weighted by atomic mass is 10.1. The monoisotopic (exact) mass is 191 g/mol. The average Bonchev–Trinajstić information content (AvgIpc) is 2.05. The Balaban J connectivity index is 3.35. The van der Waals surface area contributed by atoms with Gasteiger partial charge in [-0.25, -0.2) is 0 Å². The molecule has 0 saturated carbocycles. The van der Waals surface area contributed by atoms with Crippen LogP contribution in [-0.2, 0) is 0 Å². The van der Waals surface area contributed by atoms with Crippen molar-refractivity contribution in [2.75, 3.05) is 18.6 Å². The van der Waals surface area contributed by atoms with E-state index >= 15 is 0 Å². The fourth-order valence-corrected chi connectivity index (χ4v) is 1.60. The van der Waals surface area contributed by atoms with Crippen molar-refractivity contribution in [3.63, 3.8) is 0 Å². The summed E-state index contributed by atoms with van der Waals surface area (Å²) in [7, 11) is 0. The maximum atomic E-state index is 9.60. The van der Waals surface area contributed by atoms with E-state index in [1.165, 1.54) is 0 Å². The molecule has 12 heavy (non-hydrogen) atoms. The summed E-state index contributed by atoms with van der Waals surface area (Å²) < 4.78 is 0. The van der Waals surface area contributed by atoms with E-state index in [9.17, 15) is 5.11 Å². The van der Waals surface area contributed by atoms with Gasteiger partial charge in [0.25, 0.3) is 0 Å². The molecule has 0 aliphatic rings. The molecule has 0 bridgehead atoms. The predicted molar refractivity (Wildman–Crippen MR) is 56.8 cm³/mol. The average molecular weight is 191 g/mol. The van der Waals surface area contributed by atoms with Gasteiger partial charge in [0.2, 0.25) is 0 Å². The van der Waals surface area contributed by atoms with Crippen molar-refractivity contribution in [1.82, 2.24) is 5.32 Å². The minimum Gasteiger partial charge on any atom is -0.392 e.